The Morgan fingerprint density at radius 1 is 1.08 bits per heavy atom. The summed E-state index contributed by atoms with van der Waals surface area (Å²) in [4.78, 5) is 30.2. The highest BCUT2D eigenvalue weighted by Gasteiger charge is 2.27. The highest BCUT2D eigenvalue weighted by Crippen LogP contribution is 2.28. The summed E-state index contributed by atoms with van der Waals surface area (Å²) in [6.45, 7) is 2.60. The van der Waals surface area contributed by atoms with Crippen molar-refractivity contribution in [1.82, 2.24) is 19.9 Å². The Bertz CT molecular complexity index is 810. The maximum Gasteiger partial charge on any atom is 0.276 e. The van der Waals surface area contributed by atoms with Crippen molar-refractivity contribution in [3.05, 3.63) is 48.1 Å². The molecule has 3 aromatic heterocycles. The Balaban J connectivity index is 1.47. The number of oxazole rings is 1. The van der Waals surface area contributed by atoms with Crippen LogP contribution in [0.15, 0.2) is 46.8 Å². The normalized spacial score (nSPS) is 14.8. The largest absolute Gasteiger partial charge is 0.442 e. The lowest BCUT2D eigenvalue weighted by molar-refractivity contribution is 0.0741. The third kappa shape index (κ3) is 2.76. The smallest absolute Gasteiger partial charge is 0.276 e. The molecule has 1 aliphatic heterocycles. The molecule has 1 amide bonds. The lowest BCUT2D eigenvalue weighted by Crippen LogP contribution is -2.49. The maximum atomic E-state index is 12.8. The molecule has 0 aliphatic carbocycles. The first-order chi connectivity index (χ1) is 11.8. The van der Waals surface area contributed by atoms with Gasteiger partial charge in [0, 0.05) is 38.6 Å². The van der Waals surface area contributed by atoms with Crippen molar-refractivity contribution in [2.75, 3.05) is 31.1 Å². The van der Waals surface area contributed by atoms with E-state index < -0.39 is 0 Å². The molecule has 0 spiro atoms. The molecule has 0 N–H and O–H groups in total. The number of thiophene rings is 1. The van der Waals surface area contributed by atoms with Gasteiger partial charge in [-0.15, -0.1) is 11.3 Å². The van der Waals surface area contributed by atoms with Crippen molar-refractivity contribution < 1.29 is 9.21 Å². The summed E-state index contributed by atoms with van der Waals surface area (Å²) in [6.07, 6.45) is 4.78. The van der Waals surface area contributed by atoms with Crippen LogP contribution in [0.5, 0.6) is 0 Å². The minimum atomic E-state index is -0.0965. The van der Waals surface area contributed by atoms with Gasteiger partial charge in [-0.3, -0.25) is 4.79 Å². The SMILES string of the molecule is O=C(c1ncoc1-c1cccs1)N1CCN(c2ncccn2)CC1. The molecule has 0 bridgehead atoms. The zero-order valence-corrected chi connectivity index (χ0v) is 13.6. The van der Waals surface area contributed by atoms with Gasteiger partial charge in [-0.05, 0) is 17.5 Å². The number of hydrogen-bond donors (Lipinski definition) is 0. The van der Waals surface area contributed by atoms with E-state index in [0.29, 0.717) is 43.6 Å². The summed E-state index contributed by atoms with van der Waals surface area (Å²) < 4.78 is 5.43. The minimum absolute atomic E-state index is 0.0965. The Kier molecular flexibility index (Phi) is 3.96. The second kappa shape index (κ2) is 6.40. The summed E-state index contributed by atoms with van der Waals surface area (Å²) >= 11 is 1.53. The quantitative estimate of drug-likeness (QED) is 0.727. The van der Waals surface area contributed by atoms with Crippen molar-refractivity contribution >= 4 is 23.2 Å². The van der Waals surface area contributed by atoms with Gasteiger partial charge in [0.15, 0.2) is 17.8 Å². The Labute approximate surface area is 142 Å². The van der Waals surface area contributed by atoms with Gasteiger partial charge in [-0.1, -0.05) is 6.07 Å². The molecular formula is C16H15N5O2S. The van der Waals surface area contributed by atoms with Gasteiger partial charge in [0.05, 0.1) is 4.88 Å². The number of aromatic nitrogens is 3. The van der Waals surface area contributed by atoms with Crippen LogP contribution in [0, 0.1) is 0 Å². The zero-order chi connectivity index (χ0) is 16.4. The van der Waals surface area contributed by atoms with E-state index in [1.165, 1.54) is 17.7 Å². The van der Waals surface area contributed by atoms with Gasteiger partial charge >= 0.3 is 0 Å². The number of rotatable bonds is 3. The molecule has 4 heterocycles. The molecule has 1 aliphatic rings. The van der Waals surface area contributed by atoms with Crippen LogP contribution in [-0.2, 0) is 0 Å². The van der Waals surface area contributed by atoms with Gasteiger partial charge in [0.25, 0.3) is 5.91 Å². The molecule has 0 unspecified atom stereocenters. The fourth-order valence-electron chi connectivity index (χ4n) is 2.69. The molecule has 1 fully saturated rings. The van der Waals surface area contributed by atoms with Crippen LogP contribution < -0.4 is 4.90 Å². The second-order valence-electron chi connectivity index (χ2n) is 5.34. The first-order valence-corrected chi connectivity index (χ1v) is 8.49. The second-order valence-corrected chi connectivity index (χ2v) is 6.28. The predicted octanol–water partition coefficient (Wildman–Crippen LogP) is 2.16. The number of amides is 1. The summed E-state index contributed by atoms with van der Waals surface area (Å²) in [7, 11) is 0. The third-order valence-electron chi connectivity index (χ3n) is 3.92. The van der Waals surface area contributed by atoms with Crippen molar-refractivity contribution in [3.63, 3.8) is 0 Å². The molecule has 7 nitrogen and oxygen atoms in total. The number of anilines is 1. The third-order valence-corrected chi connectivity index (χ3v) is 4.79. The van der Waals surface area contributed by atoms with Crippen LogP contribution in [0.1, 0.15) is 10.5 Å². The molecule has 3 aromatic rings. The molecule has 122 valence electrons. The Morgan fingerprint density at radius 2 is 1.88 bits per heavy atom. The molecule has 24 heavy (non-hydrogen) atoms. The maximum absolute atomic E-state index is 12.8. The number of hydrogen-bond acceptors (Lipinski definition) is 7. The molecule has 4 rings (SSSR count). The molecular weight excluding hydrogens is 326 g/mol. The predicted molar refractivity (Wildman–Crippen MR) is 90.0 cm³/mol. The van der Waals surface area contributed by atoms with Crippen LogP contribution in [0.4, 0.5) is 5.95 Å². The average molecular weight is 341 g/mol. The van der Waals surface area contributed by atoms with E-state index >= 15 is 0 Å². The van der Waals surface area contributed by atoms with Crippen LogP contribution in [0.2, 0.25) is 0 Å². The van der Waals surface area contributed by atoms with Crippen molar-refractivity contribution in [2.24, 2.45) is 0 Å². The molecule has 0 aromatic carbocycles. The molecule has 0 radical (unpaired) electrons. The van der Waals surface area contributed by atoms with E-state index in [-0.39, 0.29) is 5.91 Å². The minimum Gasteiger partial charge on any atom is -0.442 e. The fraction of sp³-hybridized carbons (Fsp3) is 0.250. The monoisotopic (exact) mass is 341 g/mol. The highest BCUT2D eigenvalue weighted by molar-refractivity contribution is 7.13. The van der Waals surface area contributed by atoms with Gasteiger partial charge in [0.1, 0.15) is 0 Å². The van der Waals surface area contributed by atoms with Crippen molar-refractivity contribution in [3.8, 4) is 10.6 Å². The zero-order valence-electron chi connectivity index (χ0n) is 12.8. The first-order valence-electron chi connectivity index (χ1n) is 7.61. The van der Waals surface area contributed by atoms with E-state index in [4.69, 9.17) is 4.42 Å². The lowest BCUT2D eigenvalue weighted by atomic mass is 10.2. The van der Waals surface area contributed by atoms with Crippen molar-refractivity contribution in [1.29, 1.82) is 0 Å². The summed E-state index contributed by atoms with van der Waals surface area (Å²) in [6, 6.07) is 5.64. The van der Waals surface area contributed by atoms with Gasteiger partial charge < -0.3 is 14.2 Å². The number of carbonyl (C=O) groups excluding carboxylic acids is 1. The Hall–Kier alpha value is -2.74. The van der Waals surface area contributed by atoms with E-state index in [9.17, 15) is 4.79 Å². The van der Waals surface area contributed by atoms with E-state index in [0.717, 1.165) is 4.88 Å². The average Bonchev–Trinajstić information content (AvgIpc) is 3.33. The molecule has 1 saturated heterocycles. The van der Waals surface area contributed by atoms with Gasteiger partial charge in [-0.2, -0.15) is 0 Å². The van der Waals surface area contributed by atoms with E-state index in [2.05, 4.69) is 19.9 Å². The standard InChI is InChI=1S/C16H15N5O2S/c22-15(13-14(23-11-19-13)12-3-1-10-24-12)20-6-8-21(9-7-20)16-17-4-2-5-18-16/h1-5,10-11H,6-9H2. The van der Waals surface area contributed by atoms with Gasteiger partial charge in [0.2, 0.25) is 5.95 Å². The number of piperazine rings is 1. The van der Waals surface area contributed by atoms with Gasteiger partial charge in [-0.25, -0.2) is 15.0 Å². The Morgan fingerprint density at radius 3 is 2.58 bits per heavy atom. The summed E-state index contributed by atoms with van der Waals surface area (Å²) in [5.41, 5.74) is 0.377. The van der Waals surface area contributed by atoms with Crippen LogP contribution in [0.25, 0.3) is 10.6 Å². The lowest BCUT2D eigenvalue weighted by Gasteiger charge is -2.34. The van der Waals surface area contributed by atoms with E-state index in [1.54, 1.807) is 23.4 Å². The van der Waals surface area contributed by atoms with Crippen LogP contribution >= 0.6 is 11.3 Å². The number of nitrogens with zero attached hydrogens (tertiary/aromatic N) is 5. The van der Waals surface area contributed by atoms with E-state index in [1.807, 2.05) is 17.5 Å². The van der Waals surface area contributed by atoms with Crippen molar-refractivity contribution in [2.45, 2.75) is 0 Å². The highest BCUT2D eigenvalue weighted by atomic mass is 32.1. The summed E-state index contributed by atoms with van der Waals surface area (Å²) in [5, 5.41) is 1.95. The fourth-order valence-corrected chi connectivity index (χ4v) is 3.41. The number of carbonyl (C=O) groups is 1. The van der Waals surface area contributed by atoms with Crippen LogP contribution in [0.3, 0.4) is 0 Å². The topological polar surface area (TPSA) is 75.4 Å². The van der Waals surface area contributed by atoms with Crippen LogP contribution in [-0.4, -0.2) is 51.9 Å². The molecule has 0 saturated carbocycles. The first kappa shape index (κ1) is 14.8. The summed E-state index contributed by atoms with van der Waals surface area (Å²) in [5.74, 6) is 1.15. The molecule has 8 heteroatoms. The molecule has 0 atom stereocenters.